The molecule has 0 aromatic carbocycles. The minimum atomic E-state index is 0.733. The van der Waals surface area contributed by atoms with E-state index in [1.54, 1.807) is 0 Å². The van der Waals surface area contributed by atoms with E-state index < -0.39 is 0 Å². The molecule has 4 N–H and O–H groups in total. The summed E-state index contributed by atoms with van der Waals surface area (Å²) in [7, 11) is 0. The summed E-state index contributed by atoms with van der Waals surface area (Å²) in [4.78, 5) is 0. The highest BCUT2D eigenvalue weighted by Gasteiger charge is 2.26. The topological polar surface area (TPSA) is 56.0 Å². The maximum absolute atomic E-state index is 5.46. The van der Waals surface area contributed by atoms with Crippen LogP contribution in [0.2, 0.25) is 0 Å². The Morgan fingerprint density at radius 2 is 2.44 bits per heavy atom. The second-order valence-electron chi connectivity index (χ2n) is 2.58. The van der Waals surface area contributed by atoms with E-state index in [2.05, 4.69) is 10.2 Å². The van der Waals surface area contributed by atoms with E-state index >= 15 is 0 Å². The zero-order valence-corrected chi connectivity index (χ0v) is 5.15. The molecule has 0 amide bonds. The summed E-state index contributed by atoms with van der Waals surface area (Å²) in [6, 6.07) is 1.97. The van der Waals surface area contributed by atoms with Gasteiger partial charge >= 0.3 is 0 Å². The van der Waals surface area contributed by atoms with Crippen molar-refractivity contribution >= 4 is 5.82 Å². The molecule has 1 aromatic heterocycles. The van der Waals surface area contributed by atoms with Crippen LogP contribution in [0.5, 0.6) is 0 Å². The Hall–Kier alpha value is -0.990. The first-order chi connectivity index (χ1) is 4.36. The van der Waals surface area contributed by atoms with Crippen molar-refractivity contribution in [3.8, 4) is 0 Å². The molecule has 1 aliphatic carbocycles. The lowest BCUT2D eigenvalue weighted by atomic mass is 10.3. The predicted molar refractivity (Wildman–Crippen MR) is 33.7 cm³/mol. The normalized spacial score (nSPS) is 18.2. The van der Waals surface area contributed by atoms with E-state index in [9.17, 15) is 0 Å². The fourth-order valence-electron chi connectivity index (χ4n) is 0.998. The van der Waals surface area contributed by atoms with Gasteiger partial charge in [-0.05, 0) is 12.8 Å². The smallest absolute Gasteiger partial charge is 0.286 e. The van der Waals surface area contributed by atoms with Crippen LogP contribution in [-0.4, -0.2) is 5.10 Å². The number of nitrogens with two attached hydrogens (primary N) is 1. The van der Waals surface area contributed by atoms with E-state index in [-0.39, 0.29) is 0 Å². The monoisotopic (exact) mass is 124 g/mol. The van der Waals surface area contributed by atoms with Crippen LogP contribution in [0.15, 0.2) is 6.07 Å². The van der Waals surface area contributed by atoms with Crippen molar-refractivity contribution in [3.63, 3.8) is 0 Å². The molecule has 1 aromatic rings. The Balaban J connectivity index is 2.28. The molecule has 0 aliphatic heterocycles. The minimum absolute atomic E-state index is 0.733. The van der Waals surface area contributed by atoms with Crippen molar-refractivity contribution in [2.75, 3.05) is 5.73 Å². The van der Waals surface area contributed by atoms with E-state index in [0.29, 0.717) is 0 Å². The highest BCUT2D eigenvalue weighted by Crippen LogP contribution is 2.38. The van der Waals surface area contributed by atoms with Crippen LogP contribution >= 0.6 is 0 Å². The third-order valence-corrected chi connectivity index (χ3v) is 1.68. The third-order valence-electron chi connectivity index (χ3n) is 1.68. The number of anilines is 1. The first kappa shape index (κ1) is 4.85. The zero-order valence-electron chi connectivity index (χ0n) is 5.15. The predicted octanol–water partition coefficient (Wildman–Crippen LogP) is 0.288. The minimum Gasteiger partial charge on any atom is -0.286 e. The Morgan fingerprint density at radius 1 is 1.67 bits per heavy atom. The number of nitrogens with one attached hydrogen (secondary N) is 2. The summed E-state index contributed by atoms with van der Waals surface area (Å²) < 4.78 is 0. The lowest BCUT2D eigenvalue weighted by Gasteiger charge is -1.80. The molecular weight excluding hydrogens is 114 g/mol. The molecule has 0 saturated heterocycles. The number of rotatable bonds is 1. The summed E-state index contributed by atoms with van der Waals surface area (Å²) in [5.74, 6) is 1.50. The molecule has 9 heavy (non-hydrogen) atoms. The van der Waals surface area contributed by atoms with Crippen LogP contribution in [0.4, 0.5) is 5.82 Å². The van der Waals surface area contributed by atoms with Crippen LogP contribution in [0.3, 0.4) is 0 Å². The van der Waals surface area contributed by atoms with Gasteiger partial charge in [0.2, 0.25) is 0 Å². The second-order valence-corrected chi connectivity index (χ2v) is 2.58. The summed E-state index contributed by atoms with van der Waals surface area (Å²) in [5, 5.41) is 5.86. The molecule has 2 rings (SSSR count). The van der Waals surface area contributed by atoms with Crippen molar-refractivity contribution < 1.29 is 5.10 Å². The van der Waals surface area contributed by atoms with Gasteiger partial charge in [0.05, 0.1) is 11.8 Å². The summed E-state index contributed by atoms with van der Waals surface area (Å²) in [6.45, 7) is 0. The van der Waals surface area contributed by atoms with Gasteiger partial charge in [0.15, 0.2) is 0 Å². The van der Waals surface area contributed by atoms with Crippen LogP contribution in [-0.2, 0) is 0 Å². The molecule has 3 heteroatoms. The fraction of sp³-hybridized carbons (Fsp3) is 0.500. The van der Waals surface area contributed by atoms with Crippen molar-refractivity contribution in [3.05, 3.63) is 11.8 Å². The Labute approximate surface area is 53.3 Å². The number of nitrogen functional groups attached to an aromatic ring is 1. The van der Waals surface area contributed by atoms with E-state index in [0.717, 1.165) is 11.7 Å². The van der Waals surface area contributed by atoms with Gasteiger partial charge in [0.1, 0.15) is 0 Å². The van der Waals surface area contributed by atoms with Gasteiger partial charge in [0.25, 0.3) is 5.82 Å². The number of hydrogen-bond donors (Lipinski definition) is 2. The number of aromatic amines is 2. The van der Waals surface area contributed by atoms with Crippen molar-refractivity contribution in [2.45, 2.75) is 18.8 Å². The van der Waals surface area contributed by atoms with Crippen LogP contribution < -0.4 is 10.8 Å². The summed E-state index contributed by atoms with van der Waals surface area (Å²) >= 11 is 0. The van der Waals surface area contributed by atoms with Gasteiger partial charge in [-0.3, -0.25) is 5.73 Å². The molecule has 0 bridgehead atoms. The Bertz CT molecular complexity index is 212. The highest BCUT2D eigenvalue weighted by atomic mass is 15.2. The number of H-pyrrole nitrogens is 2. The van der Waals surface area contributed by atoms with Gasteiger partial charge in [-0.25, -0.2) is 5.10 Å². The molecule has 48 valence electrons. The molecular formula is C6H10N3+. The summed E-state index contributed by atoms with van der Waals surface area (Å²) in [6.07, 6.45) is 2.63. The van der Waals surface area contributed by atoms with Crippen LogP contribution in [0, 0.1) is 0 Å². The molecule has 0 unspecified atom stereocenters. The van der Waals surface area contributed by atoms with E-state index in [4.69, 9.17) is 5.73 Å². The Kier molecular flexibility index (Phi) is 0.806. The molecule has 1 aliphatic rings. The lowest BCUT2D eigenvalue weighted by Crippen LogP contribution is -2.07. The average Bonchev–Trinajstić information content (AvgIpc) is 2.58. The van der Waals surface area contributed by atoms with Crippen LogP contribution in [0.1, 0.15) is 24.5 Å². The van der Waals surface area contributed by atoms with Gasteiger partial charge in [-0.1, -0.05) is 0 Å². The number of aromatic nitrogens is 2. The maximum atomic E-state index is 5.46. The highest BCUT2D eigenvalue weighted by molar-refractivity contribution is 5.26. The quantitative estimate of drug-likeness (QED) is 0.555. The SMILES string of the molecule is Nc1cc(C2CC2)[nH][nH+]1. The maximum Gasteiger partial charge on any atom is 0.290 e. The molecule has 0 radical (unpaired) electrons. The first-order valence-corrected chi connectivity index (χ1v) is 3.22. The second kappa shape index (κ2) is 1.50. The van der Waals surface area contributed by atoms with E-state index in [1.807, 2.05) is 6.07 Å². The third kappa shape index (κ3) is 0.781. The van der Waals surface area contributed by atoms with Crippen molar-refractivity contribution in [1.29, 1.82) is 0 Å². The molecule has 1 fully saturated rings. The molecule has 0 atom stereocenters. The van der Waals surface area contributed by atoms with Crippen LogP contribution in [0.25, 0.3) is 0 Å². The fourth-order valence-corrected chi connectivity index (χ4v) is 0.998. The molecule has 3 nitrogen and oxygen atoms in total. The number of hydrogen-bond acceptors (Lipinski definition) is 1. The molecule has 1 saturated carbocycles. The molecule has 1 heterocycles. The van der Waals surface area contributed by atoms with Gasteiger partial charge in [-0.15, -0.1) is 0 Å². The Morgan fingerprint density at radius 3 is 2.89 bits per heavy atom. The molecule has 0 spiro atoms. The van der Waals surface area contributed by atoms with E-state index in [1.165, 1.54) is 18.5 Å². The van der Waals surface area contributed by atoms with Gasteiger partial charge in [0, 0.05) is 5.92 Å². The van der Waals surface area contributed by atoms with Crippen molar-refractivity contribution in [1.82, 2.24) is 5.10 Å². The lowest BCUT2D eigenvalue weighted by molar-refractivity contribution is -0.434. The standard InChI is InChI=1S/C6H9N3/c7-6-3-5(8-9-6)4-1-2-4/h3-4H,1-2H2,(H3,7,8,9)/p+1. The largest absolute Gasteiger partial charge is 0.290 e. The zero-order chi connectivity index (χ0) is 6.27. The average molecular weight is 124 g/mol. The van der Waals surface area contributed by atoms with Gasteiger partial charge in [-0.2, -0.15) is 5.10 Å². The van der Waals surface area contributed by atoms with Crippen molar-refractivity contribution in [2.24, 2.45) is 0 Å². The first-order valence-electron chi connectivity index (χ1n) is 3.22. The summed E-state index contributed by atoms with van der Waals surface area (Å²) in [5.41, 5.74) is 6.71. The van der Waals surface area contributed by atoms with Gasteiger partial charge < -0.3 is 0 Å².